The standard InChI is InChI=1S/C75H118N10O28/c1-24-25-26-27-94-72-53(79-19)33(3)58(49(103-72)28-95-45(15)86)107-69-38(8)62(91-21)65(42(12)100-69)111-74-55(81-84-77)35(5)60(51(105-74)30-97-47(17)88)109-71-40(10)64(93-23)67(44(14)102-71)113-75-56(82-85-78)36(6)61(52(106-75)31-98-48(18)89)110-70-39(9)63(92-22)66(43(13)101-70)112-73-54(80-83-76)34(4)59(50(104-73)29-96-46(16)87)108-68-37(7)57(90-20)32(2)41(11)99-68/h32-44,49-75,79H,28-31H2,1-23H3/t32-,33-,34-,35-,36-,37+,38+,39+,40+,41?,42?,43?,44?,49?,50?,51?,52?,53?,54?,55?,56?,57?,58+,59+,60+,61+,62?,63?,64?,65+,66+,67-,68+,69+,70+,71+,72-,73+,74-,75-/m1/s1. The highest BCUT2D eigenvalue weighted by molar-refractivity contribution is 5.66. The van der Waals surface area contributed by atoms with Crippen molar-refractivity contribution < 1.29 is 133 Å². The Morgan fingerprint density at radius 1 is 0.345 bits per heavy atom. The van der Waals surface area contributed by atoms with Gasteiger partial charge in [-0.3, -0.25) is 19.2 Å². The average Bonchev–Trinajstić information content (AvgIpc) is 0.771. The first-order valence-electron chi connectivity index (χ1n) is 38.7. The molecule has 0 aromatic rings. The summed E-state index contributed by atoms with van der Waals surface area (Å²) in [6.07, 6.45) is -21.6. The van der Waals surface area contributed by atoms with Crippen LogP contribution in [0, 0.1) is 77.1 Å². The number of rotatable bonds is 31. The van der Waals surface area contributed by atoms with Gasteiger partial charge in [-0.25, -0.2) is 0 Å². The first kappa shape index (κ1) is 92.4. The number of methoxy groups -OCH3 is 4. The van der Waals surface area contributed by atoms with Crippen molar-refractivity contribution in [2.75, 3.05) is 61.9 Å². The second-order valence-corrected chi connectivity index (χ2v) is 30.6. The summed E-state index contributed by atoms with van der Waals surface area (Å²) >= 11 is 0. The van der Waals surface area contributed by atoms with Crippen molar-refractivity contribution in [3.05, 3.63) is 31.3 Å². The summed E-state index contributed by atoms with van der Waals surface area (Å²) in [7, 11) is 7.90. The van der Waals surface area contributed by atoms with E-state index in [1.165, 1.54) is 49.0 Å². The molecule has 0 bridgehead atoms. The highest BCUT2D eigenvalue weighted by atomic mass is 16.8. The Kier molecular flexibility index (Phi) is 35.1. The molecule has 0 aliphatic carbocycles. The molecule has 636 valence electrons. The molecule has 0 saturated carbocycles. The molecule has 8 aliphatic rings. The average molecular weight is 1610 g/mol. The van der Waals surface area contributed by atoms with Gasteiger partial charge < -0.3 is 119 Å². The first-order valence-corrected chi connectivity index (χ1v) is 38.7. The van der Waals surface area contributed by atoms with Crippen molar-refractivity contribution >= 4 is 23.9 Å². The van der Waals surface area contributed by atoms with Crippen molar-refractivity contribution in [1.82, 2.24) is 5.32 Å². The molecule has 38 heteroatoms. The van der Waals surface area contributed by atoms with E-state index in [0.29, 0.717) is 0 Å². The lowest BCUT2D eigenvalue weighted by molar-refractivity contribution is -0.371. The zero-order valence-electron chi connectivity index (χ0n) is 68.9. The Morgan fingerprint density at radius 3 is 0.894 bits per heavy atom. The van der Waals surface area contributed by atoms with Gasteiger partial charge in [0.2, 0.25) is 6.29 Å². The second kappa shape index (κ2) is 42.9. The van der Waals surface area contributed by atoms with Crippen LogP contribution in [0.1, 0.15) is 125 Å². The van der Waals surface area contributed by atoms with E-state index in [1.807, 2.05) is 55.4 Å². The monoisotopic (exact) mass is 1610 g/mol. The van der Waals surface area contributed by atoms with Crippen LogP contribution >= 0.6 is 0 Å². The number of ether oxygens (including phenoxy) is 24. The van der Waals surface area contributed by atoms with Crippen LogP contribution in [0.15, 0.2) is 15.3 Å². The minimum absolute atomic E-state index is 0.0529. The summed E-state index contributed by atoms with van der Waals surface area (Å²) in [5, 5.41) is 15.9. The van der Waals surface area contributed by atoms with Gasteiger partial charge in [-0.1, -0.05) is 83.6 Å². The summed E-state index contributed by atoms with van der Waals surface area (Å²) in [4.78, 5) is 59.4. The molecule has 8 rings (SSSR count). The quantitative estimate of drug-likeness (QED) is 0.0179. The van der Waals surface area contributed by atoms with Crippen molar-refractivity contribution in [2.24, 2.45) is 68.6 Å². The topological polar surface area (TPSA) is 448 Å². The lowest BCUT2D eigenvalue weighted by Crippen LogP contribution is -2.64. The van der Waals surface area contributed by atoms with Crippen LogP contribution < -0.4 is 5.32 Å². The smallest absolute Gasteiger partial charge is 0.302 e. The predicted octanol–water partition coefficient (Wildman–Crippen LogP) is 7.22. The van der Waals surface area contributed by atoms with Gasteiger partial charge in [-0.2, -0.15) is 0 Å². The van der Waals surface area contributed by atoms with E-state index in [0.717, 1.165) is 0 Å². The molecule has 16 unspecified atom stereocenters. The van der Waals surface area contributed by atoms with Gasteiger partial charge >= 0.3 is 23.9 Å². The summed E-state index contributed by atoms with van der Waals surface area (Å²) < 4.78 is 153. The molecule has 8 heterocycles. The molecule has 0 aromatic heterocycles. The maximum absolute atomic E-state index is 12.7. The van der Waals surface area contributed by atoms with Crippen LogP contribution in [0.3, 0.4) is 0 Å². The Morgan fingerprint density at radius 2 is 0.619 bits per heavy atom. The zero-order valence-corrected chi connectivity index (χ0v) is 68.9. The minimum atomic E-state index is -1.34. The van der Waals surface area contributed by atoms with E-state index in [2.05, 4.69) is 59.3 Å². The largest absolute Gasteiger partial charge is 0.463 e. The van der Waals surface area contributed by atoms with Gasteiger partial charge in [0.05, 0.1) is 97.4 Å². The molecular weight excluding hydrogens is 1490 g/mol. The van der Waals surface area contributed by atoms with Crippen molar-refractivity contribution in [2.45, 2.75) is 315 Å². The fourth-order valence-electron chi connectivity index (χ4n) is 16.8. The third-order valence-corrected chi connectivity index (χ3v) is 23.1. The van der Waals surface area contributed by atoms with Gasteiger partial charge in [0.15, 0.2) is 44.0 Å². The summed E-state index contributed by atoms with van der Waals surface area (Å²) in [5.41, 5.74) is 30.5. The molecule has 8 saturated heterocycles. The zero-order chi connectivity index (χ0) is 83.0. The lowest BCUT2D eigenvalue weighted by atomic mass is 9.85. The van der Waals surface area contributed by atoms with Crippen molar-refractivity contribution in [3.8, 4) is 23.9 Å². The number of nitrogens with zero attached hydrogens (tertiary/aromatic N) is 9. The van der Waals surface area contributed by atoms with E-state index in [-0.39, 0.29) is 56.4 Å². The van der Waals surface area contributed by atoms with E-state index >= 15 is 0 Å². The van der Waals surface area contributed by atoms with Crippen LogP contribution in [-0.2, 0) is 133 Å². The number of esters is 4. The maximum Gasteiger partial charge on any atom is 0.302 e. The Hall–Kier alpha value is -6.07. The van der Waals surface area contributed by atoms with Crippen LogP contribution in [0.5, 0.6) is 0 Å². The molecule has 0 amide bonds. The molecule has 0 aromatic carbocycles. The number of hydrogen-bond donors (Lipinski definition) is 1. The van der Waals surface area contributed by atoms with Gasteiger partial charge in [-0.05, 0) is 81.9 Å². The van der Waals surface area contributed by atoms with E-state index in [9.17, 15) is 35.8 Å². The Labute approximate surface area is 660 Å². The first-order chi connectivity index (χ1) is 53.8. The molecule has 38 nitrogen and oxygen atoms in total. The number of azide groups is 3. The third kappa shape index (κ3) is 22.2. The molecule has 0 radical (unpaired) electrons. The van der Waals surface area contributed by atoms with Crippen LogP contribution in [0.4, 0.5) is 0 Å². The Balaban J connectivity index is 0.959. The second-order valence-electron chi connectivity index (χ2n) is 30.6. The number of carbonyl (C=O) groups is 4. The van der Waals surface area contributed by atoms with Crippen molar-refractivity contribution in [1.29, 1.82) is 0 Å². The molecule has 8 fully saturated rings. The van der Waals surface area contributed by atoms with Gasteiger partial charge in [0.1, 0.15) is 75.3 Å². The molecule has 40 atom stereocenters. The number of carbonyl (C=O) groups excluding carboxylic acids is 4. The normalized spacial score (nSPS) is 43.8. The molecule has 113 heavy (non-hydrogen) atoms. The third-order valence-electron chi connectivity index (χ3n) is 23.1. The predicted molar refractivity (Wildman–Crippen MR) is 392 cm³/mol. The van der Waals surface area contributed by atoms with Gasteiger partial charge in [0.25, 0.3) is 0 Å². The number of likely N-dealkylation sites (N-methyl/N-ethyl adjacent to an activating group) is 1. The number of hydrogen-bond acceptors (Lipinski definition) is 32. The lowest BCUT2D eigenvalue weighted by Gasteiger charge is -2.52. The molecule has 8 aliphatic heterocycles. The van der Waals surface area contributed by atoms with E-state index < -0.39 is 238 Å². The van der Waals surface area contributed by atoms with Crippen LogP contribution in [-0.4, -0.2) is 276 Å². The highest BCUT2D eigenvalue weighted by Crippen LogP contribution is 2.46. The van der Waals surface area contributed by atoms with Crippen LogP contribution in [0.2, 0.25) is 0 Å². The summed E-state index contributed by atoms with van der Waals surface area (Å²) in [6, 6.07) is -3.65. The number of nitrogens with one attached hydrogen (secondary N) is 1. The summed E-state index contributed by atoms with van der Waals surface area (Å²) in [6.45, 7) is 29.7. The maximum atomic E-state index is 12.7. The highest BCUT2D eigenvalue weighted by Gasteiger charge is 2.59. The van der Waals surface area contributed by atoms with Gasteiger partial charge in [-0.15, -0.1) is 0 Å². The minimum Gasteiger partial charge on any atom is -0.463 e. The molecule has 0 spiro atoms. The van der Waals surface area contributed by atoms with Crippen LogP contribution in [0.25, 0.3) is 31.3 Å². The SMILES string of the molecule is CC#CC#CO[C@@H]1OC(COC(C)=O)[C@@H](O[C@@H]2OC(C)[C@H](O[C@H]3OC(COC(C)=O)[C@@H](O[C@@H]4OC(C)[C@@H](O[C@H]5OC(COC(C)=O)[C@@H](O[C@@H]6OC(C)[C@H](O[C@@H]7OC(COC(C)=O)[C@@H](O[C@@H]8OC(C)[C@@H](C)C(OC)[C@@H]8C)[C@H](C)C7N=[N+]=[N-])C(OC)[C@@H]6C)[C@H](C)C5N=[N+]=[N-])C(OC)[C@@H]4C)[C@H](C)C3N=[N+]=[N-])C(OC)[C@@H]2C)[C@H](C)C1NC. The fourth-order valence-corrected chi connectivity index (χ4v) is 16.8. The van der Waals surface area contributed by atoms with E-state index in [4.69, 9.17) is 114 Å². The summed E-state index contributed by atoms with van der Waals surface area (Å²) in [5.74, 6) is 1.15. The van der Waals surface area contributed by atoms with Gasteiger partial charge in [0, 0.05) is 112 Å². The van der Waals surface area contributed by atoms with Crippen molar-refractivity contribution in [3.63, 3.8) is 0 Å². The molecule has 1 N–H and O–H groups in total. The molecular formula is C75H118N10O28. The van der Waals surface area contributed by atoms with E-state index in [1.54, 1.807) is 55.7 Å². The fraction of sp³-hybridized carbons (Fsp3) is 0.893. The Bertz CT molecular complexity index is 3390.